The van der Waals surface area contributed by atoms with E-state index >= 15 is 0 Å². The number of aryl methyl sites for hydroxylation is 3. The Balaban J connectivity index is 1.55. The molecular weight excluding hydrogens is 494 g/mol. The first kappa shape index (κ1) is 25.7. The van der Waals surface area contributed by atoms with Crippen molar-refractivity contribution in [3.8, 4) is 5.75 Å². The lowest BCUT2D eigenvalue weighted by molar-refractivity contribution is -0.119. The maximum absolute atomic E-state index is 12.6. The van der Waals surface area contributed by atoms with Crippen molar-refractivity contribution in [2.24, 2.45) is 0 Å². The quantitative estimate of drug-likeness (QED) is 0.385. The zero-order valence-electron chi connectivity index (χ0n) is 19.0. The Hall–Kier alpha value is -2.88. The minimum Gasteiger partial charge on any atom is -0.484 e. The van der Waals surface area contributed by atoms with Gasteiger partial charge in [-0.1, -0.05) is 42.0 Å². The zero-order valence-corrected chi connectivity index (χ0v) is 21.4. The van der Waals surface area contributed by atoms with E-state index in [-0.39, 0.29) is 29.7 Å². The van der Waals surface area contributed by atoms with E-state index in [9.17, 15) is 13.2 Å². The first-order chi connectivity index (χ1) is 16.0. The zero-order chi connectivity index (χ0) is 24.9. The van der Waals surface area contributed by atoms with Crippen LogP contribution in [0.15, 0.2) is 53.4 Å². The van der Waals surface area contributed by atoms with Crippen molar-refractivity contribution in [3.63, 3.8) is 0 Å². The topological polar surface area (TPSA) is 98.2 Å². The first-order valence-electron chi connectivity index (χ1n) is 10.4. The van der Waals surface area contributed by atoms with Crippen LogP contribution in [-0.4, -0.2) is 35.6 Å². The van der Waals surface area contributed by atoms with E-state index in [1.807, 2.05) is 13.0 Å². The lowest BCUT2D eigenvalue weighted by Crippen LogP contribution is -2.17. The van der Waals surface area contributed by atoms with E-state index in [1.54, 1.807) is 44.2 Å². The van der Waals surface area contributed by atoms with Gasteiger partial charge in [0.1, 0.15) is 12.4 Å². The summed E-state index contributed by atoms with van der Waals surface area (Å²) >= 11 is 11.5. The number of thiocarbonyl (C=S) groups is 1. The van der Waals surface area contributed by atoms with Crippen LogP contribution in [-0.2, 0) is 21.2 Å². The van der Waals surface area contributed by atoms with Crippen LogP contribution in [0.1, 0.15) is 28.9 Å². The van der Waals surface area contributed by atoms with Crippen LogP contribution in [0.5, 0.6) is 5.75 Å². The highest BCUT2D eigenvalue weighted by Crippen LogP contribution is 2.25. The van der Waals surface area contributed by atoms with E-state index in [2.05, 4.69) is 14.7 Å². The SMILES string of the molecule is Cc1ccc(OCC(=O)CC(=S)Cc2ccc(S(=O)(=O)Nc3nc(C)cc(C)n3)cc2)c(Cl)c1. The third-order valence-corrected chi connectivity index (χ3v) is 6.64. The average Bonchev–Trinajstić information content (AvgIpc) is 2.72. The van der Waals surface area contributed by atoms with Crippen molar-refractivity contribution < 1.29 is 17.9 Å². The molecular formula is C24H24ClN3O4S2. The molecule has 10 heteroatoms. The molecule has 1 aromatic heterocycles. The molecule has 3 rings (SSSR count). The van der Waals surface area contributed by atoms with Crippen LogP contribution in [0.2, 0.25) is 5.02 Å². The van der Waals surface area contributed by atoms with Gasteiger partial charge in [-0.2, -0.15) is 0 Å². The number of halogens is 1. The largest absolute Gasteiger partial charge is 0.484 e. The second-order valence-corrected chi connectivity index (χ2v) is 10.5. The standard InChI is InChI=1S/C24H24ClN3O4S2/c1-15-4-9-23(22(25)10-15)32-14-19(29)13-20(33)12-18-5-7-21(8-6-18)34(30,31)28-24-26-16(2)11-17(3)27-24/h4-11H,12-14H2,1-3H3,(H,26,27,28). The Morgan fingerprint density at radius 3 is 2.29 bits per heavy atom. The molecule has 1 heterocycles. The average molecular weight is 518 g/mol. The second kappa shape index (κ2) is 11.0. The number of carbonyl (C=O) groups is 1. The number of anilines is 1. The van der Waals surface area contributed by atoms with Gasteiger partial charge in [-0.3, -0.25) is 4.79 Å². The number of aromatic nitrogens is 2. The molecule has 0 saturated heterocycles. The maximum atomic E-state index is 12.6. The van der Waals surface area contributed by atoms with Gasteiger partial charge in [0.05, 0.1) is 9.92 Å². The molecule has 0 unspecified atom stereocenters. The van der Waals surface area contributed by atoms with Crippen molar-refractivity contribution >= 4 is 50.4 Å². The Labute approximate surface area is 209 Å². The predicted octanol–water partition coefficient (Wildman–Crippen LogP) is 4.81. The summed E-state index contributed by atoms with van der Waals surface area (Å²) in [6, 6.07) is 13.4. The number of hydrogen-bond acceptors (Lipinski definition) is 7. The molecule has 0 radical (unpaired) electrons. The van der Waals surface area contributed by atoms with E-state index in [4.69, 9.17) is 28.6 Å². The Morgan fingerprint density at radius 2 is 1.68 bits per heavy atom. The van der Waals surface area contributed by atoms with Gasteiger partial charge < -0.3 is 4.74 Å². The fourth-order valence-corrected chi connectivity index (χ4v) is 4.74. The van der Waals surface area contributed by atoms with Gasteiger partial charge in [0.25, 0.3) is 10.0 Å². The summed E-state index contributed by atoms with van der Waals surface area (Å²) in [6.45, 7) is 5.31. The van der Waals surface area contributed by atoms with Crippen LogP contribution >= 0.6 is 23.8 Å². The number of nitrogens with one attached hydrogen (secondary N) is 1. The van der Waals surface area contributed by atoms with E-state index in [1.165, 1.54) is 12.1 Å². The van der Waals surface area contributed by atoms with Gasteiger partial charge in [0.15, 0.2) is 5.78 Å². The first-order valence-corrected chi connectivity index (χ1v) is 12.6. The monoisotopic (exact) mass is 517 g/mol. The smallest absolute Gasteiger partial charge is 0.264 e. The molecule has 3 aromatic rings. The van der Waals surface area contributed by atoms with E-state index in [0.29, 0.717) is 33.4 Å². The highest BCUT2D eigenvalue weighted by molar-refractivity contribution is 7.92. The molecule has 2 aromatic carbocycles. The number of rotatable bonds is 10. The fraction of sp³-hybridized carbons (Fsp3) is 0.250. The van der Waals surface area contributed by atoms with Crippen molar-refractivity contribution in [2.45, 2.75) is 38.5 Å². The van der Waals surface area contributed by atoms with Gasteiger partial charge in [0.2, 0.25) is 5.95 Å². The summed E-state index contributed by atoms with van der Waals surface area (Å²) in [7, 11) is -3.84. The summed E-state index contributed by atoms with van der Waals surface area (Å²) in [4.78, 5) is 21.1. The molecule has 0 spiro atoms. The highest BCUT2D eigenvalue weighted by Gasteiger charge is 2.17. The Kier molecular flexibility index (Phi) is 8.35. The van der Waals surface area contributed by atoms with Crippen molar-refractivity contribution in [1.82, 2.24) is 9.97 Å². The number of ketones is 1. The molecule has 0 atom stereocenters. The van der Waals surface area contributed by atoms with Gasteiger partial charge >= 0.3 is 0 Å². The van der Waals surface area contributed by atoms with Crippen molar-refractivity contribution in [3.05, 3.63) is 76.1 Å². The maximum Gasteiger partial charge on any atom is 0.264 e. The van der Waals surface area contributed by atoms with Crippen LogP contribution in [0.3, 0.4) is 0 Å². The third-order valence-electron chi connectivity index (χ3n) is 4.71. The lowest BCUT2D eigenvalue weighted by Gasteiger charge is -2.10. The Bertz CT molecular complexity index is 1310. The molecule has 0 aliphatic rings. The number of hydrogen-bond donors (Lipinski definition) is 1. The summed E-state index contributed by atoms with van der Waals surface area (Å²) < 4.78 is 33.2. The van der Waals surface area contributed by atoms with Crippen LogP contribution in [0, 0.1) is 20.8 Å². The molecule has 0 bridgehead atoms. The summed E-state index contributed by atoms with van der Waals surface area (Å²) in [6.07, 6.45) is 0.435. The van der Waals surface area contributed by atoms with Crippen molar-refractivity contribution in [2.75, 3.05) is 11.3 Å². The molecule has 0 aliphatic heterocycles. The van der Waals surface area contributed by atoms with Crippen LogP contribution < -0.4 is 9.46 Å². The highest BCUT2D eigenvalue weighted by atomic mass is 35.5. The van der Waals surface area contributed by atoms with Crippen LogP contribution in [0.4, 0.5) is 5.95 Å². The second-order valence-electron chi connectivity index (χ2n) is 7.88. The third kappa shape index (κ3) is 7.31. The number of carbonyl (C=O) groups excluding carboxylic acids is 1. The molecule has 0 amide bonds. The summed E-state index contributed by atoms with van der Waals surface area (Å²) in [5.41, 5.74) is 3.12. The number of sulfonamides is 1. The van der Waals surface area contributed by atoms with Crippen LogP contribution in [0.25, 0.3) is 0 Å². The lowest BCUT2D eigenvalue weighted by atomic mass is 10.1. The predicted molar refractivity (Wildman–Crippen MR) is 136 cm³/mol. The van der Waals surface area contributed by atoms with Gasteiger partial charge in [0, 0.05) is 29.1 Å². The van der Waals surface area contributed by atoms with Gasteiger partial charge in [-0.05, 0) is 62.2 Å². The number of ether oxygens (including phenoxy) is 1. The molecule has 0 fully saturated rings. The minimum absolute atomic E-state index is 0.0235. The molecule has 34 heavy (non-hydrogen) atoms. The molecule has 1 N–H and O–H groups in total. The number of nitrogens with zero attached hydrogens (tertiary/aromatic N) is 2. The molecule has 0 aliphatic carbocycles. The van der Waals surface area contributed by atoms with Gasteiger partial charge in [-0.15, -0.1) is 0 Å². The fourth-order valence-electron chi connectivity index (χ4n) is 3.18. The normalized spacial score (nSPS) is 11.2. The Morgan fingerprint density at radius 1 is 1.03 bits per heavy atom. The molecule has 0 saturated carbocycles. The number of Topliss-reactive ketones (excluding diaryl/α,β-unsaturated/α-hetero) is 1. The molecule has 178 valence electrons. The van der Waals surface area contributed by atoms with E-state index in [0.717, 1.165) is 11.1 Å². The summed E-state index contributed by atoms with van der Waals surface area (Å²) in [5, 5.41) is 0.448. The summed E-state index contributed by atoms with van der Waals surface area (Å²) in [5.74, 6) is 0.303. The molecule has 7 nitrogen and oxygen atoms in total. The van der Waals surface area contributed by atoms with Gasteiger partial charge in [-0.25, -0.2) is 23.1 Å². The van der Waals surface area contributed by atoms with Crippen molar-refractivity contribution in [1.29, 1.82) is 0 Å². The van der Waals surface area contributed by atoms with E-state index < -0.39 is 10.0 Å². The minimum atomic E-state index is -3.84. The number of benzene rings is 2.